The molecule has 2 bridgehead atoms. The van der Waals surface area contributed by atoms with Gasteiger partial charge in [0, 0.05) is 23.0 Å². The van der Waals surface area contributed by atoms with E-state index in [0.29, 0.717) is 15.7 Å². The third-order valence-electron chi connectivity index (χ3n) is 5.17. The number of rotatable bonds is 4. The molecular weight excluding hydrogens is 393 g/mol. The maximum Gasteiger partial charge on any atom is 0.425 e. The molecule has 3 fully saturated rings. The van der Waals surface area contributed by atoms with Crippen LogP contribution in [0.1, 0.15) is 28.1 Å². The molecule has 0 aliphatic carbocycles. The van der Waals surface area contributed by atoms with Gasteiger partial charge in [0.15, 0.2) is 0 Å². The van der Waals surface area contributed by atoms with Crippen LogP contribution in [-0.2, 0) is 6.18 Å². The van der Waals surface area contributed by atoms with E-state index in [-0.39, 0.29) is 11.9 Å². The van der Waals surface area contributed by atoms with E-state index in [1.165, 1.54) is 17.8 Å². The molecule has 27 heavy (non-hydrogen) atoms. The van der Waals surface area contributed by atoms with Crippen LogP contribution in [0.2, 0.25) is 0 Å². The molecule has 3 saturated heterocycles. The summed E-state index contributed by atoms with van der Waals surface area (Å²) in [6, 6.07) is 9.82. The highest BCUT2D eigenvalue weighted by Gasteiger charge is 2.35. The monoisotopic (exact) mass is 412 g/mol. The van der Waals surface area contributed by atoms with Crippen molar-refractivity contribution in [3.63, 3.8) is 0 Å². The maximum atomic E-state index is 12.7. The van der Waals surface area contributed by atoms with E-state index < -0.39 is 11.1 Å². The molecule has 4 heterocycles. The first-order chi connectivity index (χ1) is 12.9. The Bertz CT molecular complexity index is 811. The largest absolute Gasteiger partial charge is 0.425 e. The number of benzene rings is 1. The molecule has 1 aromatic heterocycles. The van der Waals surface area contributed by atoms with Crippen molar-refractivity contribution in [2.75, 3.05) is 19.6 Å². The SMILES string of the molecule is O=C(N[C@H]1CN2CCC1CC2)c1ccc(Sc2ccc(C(F)(F)F)s2)cc1. The highest BCUT2D eigenvalue weighted by atomic mass is 32.2. The molecule has 3 nitrogen and oxygen atoms in total. The van der Waals surface area contributed by atoms with Crippen LogP contribution in [0.5, 0.6) is 0 Å². The smallest absolute Gasteiger partial charge is 0.348 e. The van der Waals surface area contributed by atoms with Crippen LogP contribution in [0.25, 0.3) is 0 Å². The Balaban J connectivity index is 1.37. The molecule has 1 aromatic carbocycles. The fraction of sp³-hybridized carbons (Fsp3) is 0.421. The van der Waals surface area contributed by atoms with Gasteiger partial charge in [-0.05, 0) is 68.2 Å². The molecule has 1 N–H and O–H groups in total. The lowest BCUT2D eigenvalue weighted by atomic mass is 9.84. The Hall–Kier alpha value is -1.51. The third-order valence-corrected chi connectivity index (χ3v) is 7.44. The van der Waals surface area contributed by atoms with Gasteiger partial charge in [-0.2, -0.15) is 13.2 Å². The van der Waals surface area contributed by atoms with Gasteiger partial charge in [-0.1, -0.05) is 11.8 Å². The van der Waals surface area contributed by atoms with Crippen molar-refractivity contribution in [3.8, 4) is 0 Å². The Morgan fingerprint density at radius 3 is 2.37 bits per heavy atom. The maximum absolute atomic E-state index is 12.7. The molecule has 144 valence electrons. The van der Waals surface area contributed by atoms with Crippen LogP contribution >= 0.6 is 23.1 Å². The van der Waals surface area contributed by atoms with Crippen molar-refractivity contribution in [2.45, 2.75) is 34.2 Å². The Morgan fingerprint density at radius 2 is 1.81 bits per heavy atom. The second kappa shape index (κ2) is 7.48. The zero-order chi connectivity index (χ0) is 19.0. The van der Waals surface area contributed by atoms with E-state index >= 15 is 0 Å². The Morgan fingerprint density at radius 1 is 1.11 bits per heavy atom. The fourth-order valence-corrected chi connectivity index (χ4v) is 5.67. The average Bonchev–Trinajstić information content (AvgIpc) is 3.12. The lowest BCUT2D eigenvalue weighted by molar-refractivity contribution is -0.134. The Kier molecular flexibility index (Phi) is 5.22. The van der Waals surface area contributed by atoms with E-state index in [9.17, 15) is 18.0 Å². The minimum absolute atomic E-state index is 0.0826. The highest BCUT2D eigenvalue weighted by Crippen LogP contribution is 2.40. The second-order valence-corrected chi connectivity index (χ2v) is 9.42. The Labute approximate surface area is 163 Å². The number of hydrogen-bond donors (Lipinski definition) is 1. The van der Waals surface area contributed by atoms with Crippen molar-refractivity contribution < 1.29 is 18.0 Å². The zero-order valence-corrected chi connectivity index (χ0v) is 16.1. The molecule has 1 atom stereocenters. The number of piperidine rings is 3. The molecule has 0 saturated carbocycles. The molecular formula is C19H19F3N2OS2. The van der Waals surface area contributed by atoms with Crippen LogP contribution in [0.4, 0.5) is 13.2 Å². The van der Waals surface area contributed by atoms with Gasteiger partial charge < -0.3 is 10.2 Å². The van der Waals surface area contributed by atoms with Crippen molar-refractivity contribution in [1.82, 2.24) is 10.2 Å². The van der Waals surface area contributed by atoms with Crippen LogP contribution < -0.4 is 5.32 Å². The van der Waals surface area contributed by atoms with Gasteiger partial charge in [0.1, 0.15) is 4.88 Å². The van der Waals surface area contributed by atoms with Gasteiger partial charge >= 0.3 is 6.18 Å². The van der Waals surface area contributed by atoms with Crippen LogP contribution in [-0.4, -0.2) is 36.5 Å². The van der Waals surface area contributed by atoms with Gasteiger partial charge in [0.05, 0.1) is 4.21 Å². The van der Waals surface area contributed by atoms with Crippen LogP contribution in [0.3, 0.4) is 0 Å². The van der Waals surface area contributed by atoms with Gasteiger partial charge in [0.2, 0.25) is 0 Å². The van der Waals surface area contributed by atoms with Gasteiger partial charge in [-0.25, -0.2) is 0 Å². The van der Waals surface area contributed by atoms with E-state index in [4.69, 9.17) is 0 Å². The van der Waals surface area contributed by atoms with Crippen molar-refractivity contribution in [1.29, 1.82) is 0 Å². The van der Waals surface area contributed by atoms with Crippen LogP contribution in [0.15, 0.2) is 45.5 Å². The minimum atomic E-state index is -4.31. The summed E-state index contributed by atoms with van der Waals surface area (Å²) in [5, 5.41) is 3.15. The number of nitrogens with one attached hydrogen (secondary N) is 1. The zero-order valence-electron chi connectivity index (χ0n) is 14.5. The lowest BCUT2D eigenvalue weighted by Crippen LogP contribution is -2.57. The summed E-state index contributed by atoms with van der Waals surface area (Å²) in [5.41, 5.74) is 0.581. The number of halogens is 3. The normalized spacial score (nSPS) is 24.8. The first kappa shape index (κ1) is 18.8. The molecule has 8 heteroatoms. The second-order valence-electron chi connectivity index (χ2n) is 6.96. The summed E-state index contributed by atoms with van der Waals surface area (Å²) in [5.74, 6) is 0.483. The number of hydrogen-bond acceptors (Lipinski definition) is 4. The standard InChI is InChI=1S/C19H19F3N2OS2/c20-19(21,22)16-5-6-17(27-16)26-14-3-1-13(2-4-14)18(25)23-15-11-24-9-7-12(15)8-10-24/h1-6,12,15H,7-11H2,(H,23,25)/t15-/m0/s1. The molecule has 0 spiro atoms. The first-order valence-electron chi connectivity index (χ1n) is 8.87. The van der Waals surface area contributed by atoms with Gasteiger partial charge in [-0.15, -0.1) is 11.3 Å². The molecule has 0 unspecified atom stereocenters. The summed E-state index contributed by atoms with van der Waals surface area (Å²) in [7, 11) is 0. The molecule has 3 aliphatic heterocycles. The summed E-state index contributed by atoms with van der Waals surface area (Å²) in [6.07, 6.45) is -2.02. The van der Waals surface area contributed by atoms with Gasteiger partial charge in [0.25, 0.3) is 5.91 Å². The first-order valence-corrected chi connectivity index (χ1v) is 10.5. The van der Waals surface area contributed by atoms with Gasteiger partial charge in [-0.3, -0.25) is 4.79 Å². The number of amides is 1. The number of carbonyl (C=O) groups is 1. The van der Waals surface area contributed by atoms with E-state index in [1.807, 2.05) is 0 Å². The summed E-state index contributed by atoms with van der Waals surface area (Å²) >= 11 is 2.00. The number of fused-ring (bicyclic) bond motifs is 3. The summed E-state index contributed by atoms with van der Waals surface area (Å²) < 4.78 is 38.6. The molecule has 5 rings (SSSR count). The van der Waals surface area contributed by atoms with Crippen molar-refractivity contribution >= 4 is 29.0 Å². The molecule has 3 aliphatic rings. The molecule has 1 amide bonds. The number of thiophene rings is 1. The predicted molar refractivity (Wildman–Crippen MR) is 100 cm³/mol. The number of carbonyl (C=O) groups excluding carboxylic acids is 1. The predicted octanol–water partition coefficient (Wildman–Crippen LogP) is 4.74. The fourth-order valence-electron chi connectivity index (χ4n) is 3.70. The van der Waals surface area contributed by atoms with Crippen LogP contribution in [0, 0.1) is 5.92 Å². The highest BCUT2D eigenvalue weighted by molar-refractivity contribution is 8.01. The average molecular weight is 413 g/mol. The summed E-state index contributed by atoms with van der Waals surface area (Å²) in [6.45, 7) is 3.17. The van der Waals surface area contributed by atoms with Crippen molar-refractivity contribution in [3.05, 3.63) is 46.8 Å². The molecule has 2 aromatic rings. The third kappa shape index (κ3) is 4.33. The quantitative estimate of drug-likeness (QED) is 0.787. The van der Waals surface area contributed by atoms with E-state index in [1.54, 1.807) is 24.3 Å². The molecule has 0 radical (unpaired) electrons. The topological polar surface area (TPSA) is 32.3 Å². The summed E-state index contributed by atoms with van der Waals surface area (Å²) in [4.78, 5) is 15.1. The van der Waals surface area contributed by atoms with Crippen molar-refractivity contribution in [2.24, 2.45) is 5.92 Å². The van der Waals surface area contributed by atoms with E-state index in [0.717, 1.165) is 54.8 Å². The number of alkyl halides is 3. The van der Waals surface area contributed by atoms with E-state index in [2.05, 4.69) is 10.2 Å². The lowest BCUT2D eigenvalue weighted by Gasteiger charge is -2.44. The minimum Gasteiger partial charge on any atom is -0.348 e. The number of nitrogens with zero attached hydrogens (tertiary/aromatic N) is 1.